The molecule has 3 heteroatoms. The first-order valence-corrected chi connectivity index (χ1v) is 7.56. The molecule has 0 bridgehead atoms. The molecule has 1 fully saturated rings. The second-order valence-corrected chi connectivity index (χ2v) is 6.07. The van der Waals surface area contributed by atoms with Crippen molar-refractivity contribution < 1.29 is 4.79 Å². The van der Waals surface area contributed by atoms with Crippen LogP contribution in [0.25, 0.3) is 0 Å². The first-order valence-electron chi connectivity index (χ1n) is 7.56. The number of carbonyl (C=O) groups is 1. The van der Waals surface area contributed by atoms with Crippen LogP contribution in [0.1, 0.15) is 59.8 Å². The molecule has 3 nitrogen and oxygen atoms in total. The Labute approximate surface area is 112 Å². The van der Waals surface area contributed by atoms with Crippen molar-refractivity contribution in [3.63, 3.8) is 0 Å². The maximum Gasteiger partial charge on any atom is 0.237 e. The second kappa shape index (κ2) is 7.78. The van der Waals surface area contributed by atoms with Crippen LogP contribution in [0.3, 0.4) is 0 Å². The fraction of sp³-hybridized carbons (Fsp3) is 0.933. The Morgan fingerprint density at radius 3 is 2.39 bits per heavy atom. The average Bonchev–Trinajstić information content (AvgIpc) is 2.37. The Hall–Kier alpha value is -0.570. The maximum atomic E-state index is 11.9. The fourth-order valence-electron chi connectivity index (χ4n) is 2.44. The second-order valence-electron chi connectivity index (χ2n) is 6.07. The van der Waals surface area contributed by atoms with Crippen molar-refractivity contribution in [2.45, 2.75) is 71.9 Å². The largest absolute Gasteiger partial charge is 0.352 e. The quantitative estimate of drug-likeness (QED) is 0.765. The monoisotopic (exact) mass is 254 g/mol. The lowest BCUT2D eigenvalue weighted by Crippen LogP contribution is -2.46. The molecular formula is C15H30N2O. The third kappa shape index (κ3) is 5.38. The van der Waals surface area contributed by atoms with Crippen LogP contribution in [-0.2, 0) is 4.79 Å². The van der Waals surface area contributed by atoms with Gasteiger partial charge in [-0.2, -0.15) is 0 Å². The van der Waals surface area contributed by atoms with Crippen LogP contribution in [0.5, 0.6) is 0 Å². The molecule has 2 unspecified atom stereocenters. The summed E-state index contributed by atoms with van der Waals surface area (Å²) in [6, 6.07) is 0.204. The zero-order chi connectivity index (χ0) is 13.5. The van der Waals surface area contributed by atoms with Gasteiger partial charge < -0.3 is 10.6 Å². The maximum absolute atomic E-state index is 11.9. The van der Waals surface area contributed by atoms with Crippen molar-refractivity contribution in [1.82, 2.24) is 10.6 Å². The number of hydrogen-bond donors (Lipinski definition) is 2. The van der Waals surface area contributed by atoms with Crippen LogP contribution in [0.2, 0.25) is 0 Å². The summed E-state index contributed by atoms with van der Waals surface area (Å²) in [6.07, 6.45) is 6.31. The number of rotatable bonds is 6. The van der Waals surface area contributed by atoms with Gasteiger partial charge in [-0.25, -0.2) is 0 Å². The summed E-state index contributed by atoms with van der Waals surface area (Å²) < 4.78 is 0. The molecule has 0 spiro atoms. The molecule has 1 aliphatic rings. The average molecular weight is 254 g/mol. The van der Waals surface area contributed by atoms with E-state index in [-0.39, 0.29) is 18.0 Å². The van der Waals surface area contributed by atoms with Crippen LogP contribution < -0.4 is 10.6 Å². The van der Waals surface area contributed by atoms with Gasteiger partial charge in [-0.05, 0) is 51.5 Å². The van der Waals surface area contributed by atoms with Gasteiger partial charge in [0.05, 0.1) is 6.04 Å². The summed E-state index contributed by atoms with van der Waals surface area (Å²) in [4.78, 5) is 11.9. The van der Waals surface area contributed by atoms with E-state index in [9.17, 15) is 4.79 Å². The third-order valence-corrected chi connectivity index (χ3v) is 4.24. The van der Waals surface area contributed by atoms with E-state index in [2.05, 4.69) is 24.5 Å². The molecule has 0 aromatic rings. The molecular weight excluding hydrogens is 224 g/mol. The van der Waals surface area contributed by atoms with E-state index >= 15 is 0 Å². The van der Waals surface area contributed by atoms with E-state index < -0.39 is 0 Å². The normalized spacial score (nSPS) is 27.6. The topological polar surface area (TPSA) is 41.1 Å². The summed E-state index contributed by atoms with van der Waals surface area (Å²) in [7, 11) is 0. The molecule has 1 saturated carbocycles. The summed E-state index contributed by atoms with van der Waals surface area (Å²) in [5.74, 6) is 1.79. The first kappa shape index (κ1) is 15.5. The van der Waals surface area contributed by atoms with Crippen molar-refractivity contribution in [2.24, 2.45) is 11.8 Å². The van der Waals surface area contributed by atoms with E-state index in [1.165, 1.54) is 25.7 Å². The minimum Gasteiger partial charge on any atom is -0.352 e. The smallest absolute Gasteiger partial charge is 0.237 e. The Kier molecular flexibility index (Phi) is 6.69. The highest BCUT2D eigenvalue weighted by molar-refractivity contribution is 5.81. The lowest BCUT2D eigenvalue weighted by atomic mass is 9.83. The van der Waals surface area contributed by atoms with Crippen molar-refractivity contribution in [3.05, 3.63) is 0 Å². The van der Waals surface area contributed by atoms with E-state index in [1.807, 2.05) is 13.8 Å². The van der Waals surface area contributed by atoms with E-state index in [4.69, 9.17) is 0 Å². The third-order valence-electron chi connectivity index (χ3n) is 4.24. The molecule has 0 aromatic heterocycles. The van der Waals surface area contributed by atoms with Gasteiger partial charge >= 0.3 is 0 Å². The molecule has 18 heavy (non-hydrogen) atoms. The van der Waals surface area contributed by atoms with Crippen molar-refractivity contribution in [1.29, 1.82) is 0 Å². The SMILES string of the molecule is CCC(C)NC(=O)C(C)NCC1CCC(C)CC1. The van der Waals surface area contributed by atoms with Gasteiger partial charge in [0.1, 0.15) is 0 Å². The lowest BCUT2D eigenvalue weighted by Gasteiger charge is -2.27. The van der Waals surface area contributed by atoms with Crippen LogP contribution in [-0.4, -0.2) is 24.5 Å². The number of carbonyl (C=O) groups excluding carboxylic acids is 1. The molecule has 1 rings (SSSR count). The molecule has 1 aliphatic carbocycles. The molecule has 0 aliphatic heterocycles. The van der Waals surface area contributed by atoms with Gasteiger partial charge in [0.25, 0.3) is 0 Å². The molecule has 0 saturated heterocycles. The van der Waals surface area contributed by atoms with Crippen LogP contribution in [0, 0.1) is 11.8 Å². The predicted molar refractivity (Wildman–Crippen MR) is 76.5 cm³/mol. The highest BCUT2D eigenvalue weighted by atomic mass is 16.2. The summed E-state index contributed by atoms with van der Waals surface area (Å²) >= 11 is 0. The molecule has 2 N–H and O–H groups in total. The minimum atomic E-state index is -0.0710. The van der Waals surface area contributed by atoms with E-state index in [0.717, 1.165) is 24.8 Å². The lowest BCUT2D eigenvalue weighted by molar-refractivity contribution is -0.123. The number of nitrogens with one attached hydrogen (secondary N) is 2. The highest BCUT2D eigenvalue weighted by Crippen LogP contribution is 2.27. The zero-order valence-corrected chi connectivity index (χ0v) is 12.5. The van der Waals surface area contributed by atoms with E-state index in [0.29, 0.717) is 0 Å². The molecule has 106 valence electrons. The Morgan fingerprint density at radius 1 is 1.22 bits per heavy atom. The van der Waals surface area contributed by atoms with Crippen molar-refractivity contribution in [3.8, 4) is 0 Å². The molecule has 0 aromatic carbocycles. The molecule has 0 radical (unpaired) electrons. The minimum absolute atomic E-state index is 0.0710. The number of hydrogen-bond acceptors (Lipinski definition) is 2. The van der Waals surface area contributed by atoms with Gasteiger partial charge in [0, 0.05) is 6.04 Å². The van der Waals surface area contributed by atoms with Gasteiger partial charge in [0.2, 0.25) is 5.91 Å². The summed E-state index contributed by atoms with van der Waals surface area (Å²) in [5.41, 5.74) is 0. The molecule has 1 amide bonds. The highest BCUT2D eigenvalue weighted by Gasteiger charge is 2.20. The predicted octanol–water partition coefficient (Wildman–Crippen LogP) is 2.71. The van der Waals surface area contributed by atoms with Gasteiger partial charge in [-0.15, -0.1) is 0 Å². The Balaban J connectivity index is 2.19. The fourth-order valence-corrected chi connectivity index (χ4v) is 2.44. The molecule has 2 atom stereocenters. The first-order chi connectivity index (χ1) is 8.52. The van der Waals surface area contributed by atoms with Gasteiger partial charge in [0.15, 0.2) is 0 Å². The zero-order valence-electron chi connectivity index (χ0n) is 12.5. The Bertz CT molecular complexity index is 247. The summed E-state index contributed by atoms with van der Waals surface area (Å²) in [6.45, 7) is 9.43. The van der Waals surface area contributed by atoms with Crippen LogP contribution >= 0.6 is 0 Å². The van der Waals surface area contributed by atoms with Crippen molar-refractivity contribution in [2.75, 3.05) is 6.54 Å². The molecule has 0 heterocycles. The number of amides is 1. The van der Waals surface area contributed by atoms with Gasteiger partial charge in [-0.1, -0.05) is 26.7 Å². The van der Waals surface area contributed by atoms with Crippen molar-refractivity contribution >= 4 is 5.91 Å². The Morgan fingerprint density at radius 2 is 1.83 bits per heavy atom. The van der Waals surface area contributed by atoms with Crippen LogP contribution in [0.15, 0.2) is 0 Å². The van der Waals surface area contributed by atoms with E-state index in [1.54, 1.807) is 0 Å². The van der Waals surface area contributed by atoms with Crippen LogP contribution in [0.4, 0.5) is 0 Å². The standard InChI is InChI=1S/C15H30N2O/c1-5-12(3)17-15(18)13(4)16-10-14-8-6-11(2)7-9-14/h11-14,16H,5-10H2,1-4H3,(H,17,18). The van der Waals surface area contributed by atoms with Gasteiger partial charge in [-0.3, -0.25) is 4.79 Å². The summed E-state index contributed by atoms with van der Waals surface area (Å²) in [5, 5.41) is 6.41.